The van der Waals surface area contributed by atoms with Crippen molar-refractivity contribution in [3.05, 3.63) is 11.8 Å². The summed E-state index contributed by atoms with van der Waals surface area (Å²) < 4.78 is 16.6. The van der Waals surface area contributed by atoms with Crippen molar-refractivity contribution in [1.29, 1.82) is 0 Å². The van der Waals surface area contributed by atoms with Crippen LogP contribution in [-0.4, -0.2) is 47.7 Å². The lowest BCUT2D eigenvalue weighted by molar-refractivity contribution is -0.101. The first-order valence-electron chi connectivity index (χ1n) is 6.56. The van der Waals surface area contributed by atoms with Crippen molar-refractivity contribution < 1.29 is 13.9 Å². The first-order valence-corrected chi connectivity index (χ1v) is 6.56. The van der Waals surface area contributed by atoms with Crippen LogP contribution in [0.2, 0.25) is 0 Å². The van der Waals surface area contributed by atoms with Gasteiger partial charge >= 0.3 is 0 Å². The van der Waals surface area contributed by atoms with Crippen LogP contribution >= 0.6 is 0 Å². The molecule has 3 heterocycles. The Labute approximate surface area is 106 Å². The number of likely N-dealkylation sites (tertiary alicyclic amines) is 1. The standard InChI is InChI=1S/C12H19N3O3/c1-9-13-14-11(18-9)8-15-4-2-3-10(7-15)12-16-5-6-17-12/h10,12H,2-8H2,1H3. The molecular formula is C12H19N3O3. The van der Waals surface area contributed by atoms with Gasteiger partial charge < -0.3 is 13.9 Å². The molecule has 6 heteroatoms. The van der Waals surface area contributed by atoms with Crippen molar-refractivity contribution in [2.24, 2.45) is 5.92 Å². The summed E-state index contributed by atoms with van der Waals surface area (Å²) in [6, 6.07) is 0. The Kier molecular flexibility index (Phi) is 3.58. The van der Waals surface area contributed by atoms with Crippen molar-refractivity contribution in [1.82, 2.24) is 15.1 Å². The van der Waals surface area contributed by atoms with Gasteiger partial charge in [-0.05, 0) is 19.4 Å². The van der Waals surface area contributed by atoms with Crippen molar-refractivity contribution in [3.63, 3.8) is 0 Å². The predicted octanol–water partition coefficient (Wildman–Crippen LogP) is 0.963. The summed E-state index contributed by atoms with van der Waals surface area (Å²) in [4.78, 5) is 2.34. The van der Waals surface area contributed by atoms with Crippen LogP contribution in [0.1, 0.15) is 24.6 Å². The number of rotatable bonds is 3. The van der Waals surface area contributed by atoms with E-state index in [0.29, 0.717) is 17.7 Å². The summed E-state index contributed by atoms with van der Waals surface area (Å²) in [6.07, 6.45) is 2.32. The zero-order valence-corrected chi connectivity index (χ0v) is 10.7. The Morgan fingerprint density at radius 1 is 1.28 bits per heavy atom. The average Bonchev–Trinajstić information content (AvgIpc) is 3.01. The number of hydrogen-bond donors (Lipinski definition) is 0. The fourth-order valence-electron chi connectivity index (χ4n) is 2.70. The molecule has 0 aromatic carbocycles. The van der Waals surface area contributed by atoms with Crippen LogP contribution in [-0.2, 0) is 16.0 Å². The maximum atomic E-state index is 5.59. The zero-order valence-electron chi connectivity index (χ0n) is 10.7. The van der Waals surface area contributed by atoms with E-state index in [0.717, 1.165) is 32.8 Å². The van der Waals surface area contributed by atoms with Gasteiger partial charge in [-0.1, -0.05) is 0 Å². The zero-order chi connectivity index (χ0) is 12.4. The fraction of sp³-hybridized carbons (Fsp3) is 0.833. The Morgan fingerprint density at radius 3 is 2.83 bits per heavy atom. The maximum absolute atomic E-state index is 5.59. The second kappa shape index (κ2) is 5.34. The lowest BCUT2D eigenvalue weighted by Gasteiger charge is -2.33. The van der Waals surface area contributed by atoms with Crippen molar-refractivity contribution in [2.75, 3.05) is 26.3 Å². The lowest BCUT2D eigenvalue weighted by atomic mass is 9.97. The Hall–Kier alpha value is -0.980. The van der Waals surface area contributed by atoms with Crippen LogP contribution in [0.3, 0.4) is 0 Å². The molecule has 1 aromatic rings. The maximum Gasteiger partial charge on any atom is 0.230 e. The SMILES string of the molecule is Cc1nnc(CN2CCCC(C3OCCO3)C2)o1. The number of aryl methyl sites for hydroxylation is 1. The first-order chi connectivity index (χ1) is 8.81. The number of hydrogen-bond acceptors (Lipinski definition) is 6. The van der Waals surface area contributed by atoms with E-state index in [1.54, 1.807) is 0 Å². The van der Waals surface area contributed by atoms with Gasteiger partial charge in [0.25, 0.3) is 0 Å². The summed E-state index contributed by atoms with van der Waals surface area (Å²) in [5.41, 5.74) is 0. The minimum Gasteiger partial charge on any atom is -0.424 e. The van der Waals surface area contributed by atoms with Gasteiger partial charge in [-0.3, -0.25) is 4.90 Å². The molecule has 0 spiro atoms. The quantitative estimate of drug-likeness (QED) is 0.799. The third-order valence-electron chi connectivity index (χ3n) is 3.50. The lowest BCUT2D eigenvalue weighted by Crippen LogP contribution is -2.40. The predicted molar refractivity (Wildman–Crippen MR) is 62.7 cm³/mol. The molecular weight excluding hydrogens is 234 g/mol. The highest BCUT2D eigenvalue weighted by atomic mass is 16.7. The van der Waals surface area contributed by atoms with Crippen LogP contribution in [0, 0.1) is 12.8 Å². The number of ether oxygens (including phenoxy) is 2. The third-order valence-corrected chi connectivity index (χ3v) is 3.50. The van der Waals surface area contributed by atoms with Crippen LogP contribution in [0.25, 0.3) is 0 Å². The summed E-state index contributed by atoms with van der Waals surface area (Å²) in [7, 11) is 0. The topological polar surface area (TPSA) is 60.6 Å². The molecule has 100 valence electrons. The second-order valence-corrected chi connectivity index (χ2v) is 4.96. The minimum absolute atomic E-state index is 0.0165. The van der Waals surface area contributed by atoms with Crippen molar-refractivity contribution in [2.45, 2.75) is 32.6 Å². The largest absolute Gasteiger partial charge is 0.424 e. The molecule has 2 saturated heterocycles. The van der Waals surface area contributed by atoms with Gasteiger partial charge in [0.05, 0.1) is 19.8 Å². The molecule has 0 saturated carbocycles. The van der Waals surface area contributed by atoms with E-state index in [-0.39, 0.29) is 6.29 Å². The molecule has 0 radical (unpaired) electrons. The minimum atomic E-state index is -0.0165. The number of nitrogens with zero attached hydrogens (tertiary/aromatic N) is 3. The smallest absolute Gasteiger partial charge is 0.230 e. The molecule has 2 aliphatic rings. The molecule has 6 nitrogen and oxygen atoms in total. The van der Waals surface area contributed by atoms with Gasteiger partial charge in [0.1, 0.15) is 0 Å². The highest BCUT2D eigenvalue weighted by Crippen LogP contribution is 2.25. The number of aromatic nitrogens is 2. The summed E-state index contributed by atoms with van der Waals surface area (Å²) in [5, 5.41) is 7.90. The molecule has 0 N–H and O–H groups in total. The number of piperidine rings is 1. The van der Waals surface area contributed by atoms with Crippen molar-refractivity contribution in [3.8, 4) is 0 Å². The second-order valence-electron chi connectivity index (χ2n) is 4.96. The normalized spacial score (nSPS) is 26.8. The molecule has 1 unspecified atom stereocenters. The molecule has 1 aromatic heterocycles. The molecule has 0 bridgehead atoms. The van der Waals surface area contributed by atoms with Gasteiger partial charge in [0, 0.05) is 19.4 Å². The highest BCUT2D eigenvalue weighted by molar-refractivity contribution is 4.83. The fourth-order valence-corrected chi connectivity index (χ4v) is 2.70. The summed E-state index contributed by atoms with van der Waals surface area (Å²) >= 11 is 0. The van der Waals surface area contributed by atoms with Gasteiger partial charge in [-0.25, -0.2) is 0 Å². The summed E-state index contributed by atoms with van der Waals surface area (Å²) in [6.45, 7) is 6.05. The Bertz CT molecular complexity index is 390. The molecule has 2 aliphatic heterocycles. The molecule has 0 aliphatic carbocycles. The van der Waals surface area contributed by atoms with E-state index >= 15 is 0 Å². The van der Waals surface area contributed by atoms with Gasteiger partial charge in [0.15, 0.2) is 6.29 Å². The average molecular weight is 253 g/mol. The van der Waals surface area contributed by atoms with E-state index in [1.165, 1.54) is 12.8 Å². The van der Waals surface area contributed by atoms with E-state index in [2.05, 4.69) is 15.1 Å². The van der Waals surface area contributed by atoms with E-state index in [1.807, 2.05) is 6.92 Å². The van der Waals surface area contributed by atoms with E-state index in [9.17, 15) is 0 Å². The van der Waals surface area contributed by atoms with Crippen LogP contribution in [0.15, 0.2) is 4.42 Å². The highest BCUT2D eigenvalue weighted by Gasteiger charge is 2.31. The Morgan fingerprint density at radius 2 is 2.11 bits per heavy atom. The van der Waals surface area contributed by atoms with Gasteiger partial charge in [-0.15, -0.1) is 10.2 Å². The Balaban J connectivity index is 1.56. The molecule has 18 heavy (non-hydrogen) atoms. The molecule has 0 amide bonds. The van der Waals surface area contributed by atoms with Gasteiger partial charge in [-0.2, -0.15) is 0 Å². The van der Waals surface area contributed by atoms with Gasteiger partial charge in [0.2, 0.25) is 11.8 Å². The molecule has 2 fully saturated rings. The third kappa shape index (κ3) is 2.71. The molecule has 3 rings (SSSR count). The van der Waals surface area contributed by atoms with Crippen molar-refractivity contribution >= 4 is 0 Å². The van der Waals surface area contributed by atoms with Crippen LogP contribution in [0.4, 0.5) is 0 Å². The summed E-state index contributed by atoms with van der Waals surface area (Å²) in [5.74, 6) is 1.78. The van der Waals surface area contributed by atoms with E-state index < -0.39 is 0 Å². The monoisotopic (exact) mass is 253 g/mol. The molecule has 1 atom stereocenters. The first kappa shape index (κ1) is 12.1. The van der Waals surface area contributed by atoms with E-state index in [4.69, 9.17) is 13.9 Å². The van der Waals surface area contributed by atoms with Crippen LogP contribution < -0.4 is 0 Å². The van der Waals surface area contributed by atoms with Crippen LogP contribution in [0.5, 0.6) is 0 Å².